The molecule has 4 aromatic rings. The molecule has 0 radical (unpaired) electrons. The molecular weight excluding hydrogens is 412 g/mol. The fraction of sp³-hybridized carbons (Fsp3) is 0.227. The van der Waals surface area contributed by atoms with Crippen LogP contribution < -0.4 is 9.47 Å². The molecule has 6 rings (SSSR count). The molecule has 1 atom stereocenters. The summed E-state index contributed by atoms with van der Waals surface area (Å²) in [5, 5.41) is 12.5. The molecule has 1 saturated heterocycles. The molecular formula is C22H18N6O4. The van der Waals surface area contributed by atoms with E-state index in [0.29, 0.717) is 47.6 Å². The predicted molar refractivity (Wildman–Crippen MR) is 111 cm³/mol. The van der Waals surface area contributed by atoms with Gasteiger partial charge in [-0.05, 0) is 24.6 Å². The fourth-order valence-electron chi connectivity index (χ4n) is 3.94. The molecule has 0 saturated carbocycles. The van der Waals surface area contributed by atoms with Crippen molar-refractivity contribution in [2.24, 2.45) is 0 Å². The number of carbonyl (C=O) groups is 1. The van der Waals surface area contributed by atoms with E-state index in [1.165, 1.54) is 0 Å². The molecule has 2 aliphatic heterocycles. The number of ether oxygens (including phenoxy) is 2. The Balaban J connectivity index is 1.16. The largest absolute Gasteiger partial charge is 0.454 e. The lowest BCUT2D eigenvalue weighted by Gasteiger charge is -2.16. The first-order valence-corrected chi connectivity index (χ1v) is 10.2. The van der Waals surface area contributed by atoms with E-state index in [-0.39, 0.29) is 18.7 Å². The van der Waals surface area contributed by atoms with Gasteiger partial charge in [0, 0.05) is 24.2 Å². The van der Waals surface area contributed by atoms with Crippen molar-refractivity contribution < 1.29 is 18.8 Å². The van der Waals surface area contributed by atoms with Crippen molar-refractivity contribution in [3.05, 3.63) is 60.3 Å². The van der Waals surface area contributed by atoms with Crippen LogP contribution in [0.15, 0.2) is 59.3 Å². The minimum atomic E-state index is -0.0458. The maximum absolute atomic E-state index is 12.9. The monoisotopic (exact) mass is 430 g/mol. The lowest BCUT2D eigenvalue weighted by atomic mass is 10.2. The number of carbonyl (C=O) groups excluding carboxylic acids is 1. The van der Waals surface area contributed by atoms with Crippen LogP contribution in [0.25, 0.3) is 23.0 Å². The van der Waals surface area contributed by atoms with Gasteiger partial charge in [0.2, 0.25) is 12.6 Å². The standard InChI is InChI=1S/C22H18N6O4/c29-22(15-6-7-18-19(10-15)31-13-30-18)27-9-8-16(11-27)28-12-17(24-26-28)21-23-20(25-32-21)14-4-2-1-3-5-14/h1-7,10,12,16H,8-9,11,13H2/t16-/m0/s1. The molecule has 0 unspecified atom stereocenters. The summed E-state index contributed by atoms with van der Waals surface area (Å²) in [7, 11) is 0. The highest BCUT2D eigenvalue weighted by molar-refractivity contribution is 5.95. The summed E-state index contributed by atoms with van der Waals surface area (Å²) in [4.78, 5) is 19.2. The Hall–Kier alpha value is -4.21. The van der Waals surface area contributed by atoms with E-state index in [2.05, 4.69) is 20.5 Å². The summed E-state index contributed by atoms with van der Waals surface area (Å²) in [5.41, 5.74) is 1.94. The lowest BCUT2D eigenvalue weighted by molar-refractivity contribution is 0.0786. The predicted octanol–water partition coefficient (Wildman–Crippen LogP) is 2.81. The number of hydrogen-bond acceptors (Lipinski definition) is 8. The van der Waals surface area contributed by atoms with Crippen molar-refractivity contribution in [1.82, 2.24) is 30.0 Å². The van der Waals surface area contributed by atoms with Gasteiger partial charge in [-0.25, -0.2) is 4.68 Å². The smallest absolute Gasteiger partial charge is 0.280 e. The minimum absolute atomic E-state index is 0.0192. The summed E-state index contributed by atoms with van der Waals surface area (Å²) in [6, 6.07) is 14.9. The number of benzene rings is 2. The highest BCUT2D eigenvalue weighted by atomic mass is 16.7. The summed E-state index contributed by atoms with van der Waals surface area (Å²) in [6.45, 7) is 1.35. The van der Waals surface area contributed by atoms with Crippen LogP contribution in [0.5, 0.6) is 11.5 Å². The molecule has 0 spiro atoms. The van der Waals surface area contributed by atoms with Crippen LogP contribution in [0.3, 0.4) is 0 Å². The first-order valence-electron chi connectivity index (χ1n) is 10.2. The van der Waals surface area contributed by atoms with E-state index < -0.39 is 0 Å². The Morgan fingerprint density at radius 3 is 2.84 bits per heavy atom. The molecule has 10 nitrogen and oxygen atoms in total. The van der Waals surface area contributed by atoms with Gasteiger partial charge in [-0.3, -0.25) is 4.79 Å². The Bertz CT molecular complexity index is 1280. The molecule has 1 amide bonds. The number of nitrogens with zero attached hydrogens (tertiary/aromatic N) is 6. The molecule has 10 heteroatoms. The third-order valence-corrected chi connectivity index (χ3v) is 5.63. The molecule has 1 fully saturated rings. The summed E-state index contributed by atoms with van der Waals surface area (Å²) < 4.78 is 17.8. The zero-order valence-corrected chi connectivity index (χ0v) is 16.9. The van der Waals surface area contributed by atoms with Gasteiger partial charge < -0.3 is 18.9 Å². The maximum atomic E-state index is 12.9. The number of likely N-dealkylation sites (tertiary alicyclic amines) is 1. The van der Waals surface area contributed by atoms with Crippen molar-refractivity contribution in [2.75, 3.05) is 19.9 Å². The van der Waals surface area contributed by atoms with Crippen LogP contribution in [-0.2, 0) is 0 Å². The Morgan fingerprint density at radius 1 is 1.06 bits per heavy atom. The molecule has 160 valence electrons. The van der Waals surface area contributed by atoms with Crippen molar-refractivity contribution >= 4 is 5.91 Å². The summed E-state index contributed by atoms with van der Waals surface area (Å²) >= 11 is 0. The molecule has 2 aromatic carbocycles. The lowest BCUT2D eigenvalue weighted by Crippen LogP contribution is -2.29. The first kappa shape index (κ1) is 18.6. The van der Waals surface area contributed by atoms with Crippen LogP contribution in [0.4, 0.5) is 0 Å². The molecule has 4 heterocycles. The topological polar surface area (TPSA) is 108 Å². The Morgan fingerprint density at radius 2 is 1.94 bits per heavy atom. The van der Waals surface area contributed by atoms with E-state index in [1.807, 2.05) is 35.2 Å². The SMILES string of the molecule is O=C(c1ccc2c(c1)OCO2)N1CC[C@H](n2cc(-c3nc(-c4ccccc4)no3)nn2)C1. The number of aromatic nitrogens is 5. The minimum Gasteiger partial charge on any atom is -0.454 e. The van der Waals surface area contributed by atoms with E-state index in [4.69, 9.17) is 14.0 Å². The van der Waals surface area contributed by atoms with Gasteiger partial charge in [-0.15, -0.1) is 5.10 Å². The highest BCUT2D eigenvalue weighted by Gasteiger charge is 2.30. The second-order valence-electron chi connectivity index (χ2n) is 7.63. The molecule has 0 aliphatic carbocycles. The average molecular weight is 430 g/mol. The van der Waals surface area contributed by atoms with Gasteiger partial charge in [0.25, 0.3) is 11.8 Å². The van der Waals surface area contributed by atoms with Gasteiger partial charge >= 0.3 is 0 Å². The summed E-state index contributed by atoms with van der Waals surface area (Å²) in [6.07, 6.45) is 2.56. The average Bonchev–Trinajstić information content (AvgIpc) is 3.63. The fourth-order valence-corrected chi connectivity index (χ4v) is 3.94. The molecule has 2 aromatic heterocycles. The van der Waals surface area contributed by atoms with Crippen molar-refractivity contribution in [3.63, 3.8) is 0 Å². The normalized spacial score (nSPS) is 17.1. The van der Waals surface area contributed by atoms with Gasteiger partial charge in [0.1, 0.15) is 0 Å². The zero-order valence-electron chi connectivity index (χ0n) is 16.9. The van der Waals surface area contributed by atoms with E-state index >= 15 is 0 Å². The van der Waals surface area contributed by atoms with Gasteiger partial charge in [-0.2, -0.15) is 4.98 Å². The number of rotatable bonds is 4. The maximum Gasteiger partial charge on any atom is 0.280 e. The van der Waals surface area contributed by atoms with Gasteiger partial charge in [-0.1, -0.05) is 40.7 Å². The van der Waals surface area contributed by atoms with Crippen molar-refractivity contribution in [1.29, 1.82) is 0 Å². The second-order valence-corrected chi connectivity index (χ2v) is 7.63. The van der Waals surface area contributed by atoms with Crippen LogP contribution >= 0.6 is 0 Å². The third-order valence-electron chi connectivity index (χ3n) is 5.63. The van der Waals surface area contributed by atoms with Crippen LogP contribution in [0.1, 0.15) is 22.8 Å². The van der Waals surface area contributed by atoms with Gasteiger partial charge in [0.05, 0.1) is 12.2 Å². The quantitative estimate of drug-likeness (QED) is 0.486. The van der Waals surface area contributed by atoms with Crippen LogP contribution in [0, 0.1) is 0 Å². The van der Waals surface area contributed by atoms with Crippen molar-refractivity contribution in [3.8, 4) is 34.5 Å². The molecule has 0 N–H and O–H groups in total. The Labute approximate surface area is 182 Å². The Kier molecular flexibility index (Phi) is 4.34. The molecule has 2 aliphatic rings. The number of fused-ring (bicyclic) bond motifs is 1. The third kappa shape index (κ3) is 3.25. The second kappa shape index (κ2) is 7.49. The van der Waals surface area contributed by atoms with Gasteiger partial charge in [0.15, 0.2) is 17.2 Å². The zero-order chi connectivity index (χ0) is 21.5. The summed E-state index contributed by atoms with van der Waals surface area (Å²) in [5.74, 6) is 2.02. The first-order chi connectivity index (χ1) is 15.7. The molecule has 0 bridgehead atoms. The van der Waals surface area contributed by atoms with Crippen LogP contribution in [-0.4, -0.2) is 55.8 Å². The number of amides is 1. The highest BCUT2D eigenvalue weighted by Crippen LogP contribution is 2.33. The molecule has 32 heavy (non-hydrogen) atoms. The van der Waals surface area contributed by atoms with E-state index in [0.717, 1.165) is 12.0 Å². The number of hydrogen-bond donors (Lipinski definition) is 0. The van der Waals surface area contributed by atoms with E-state index in [9.17, 15) is 4.79 Å². The van der Waals surface area contributed by atoms with E-state index in [1.54, 1.807) is 29.1 Å². The van der Waals surface area contributed by atoms with Crippen LogP contribution in [0.2, 0.25) is 0 Å². The van der Waals surface area contributed by atoms with Crippen molar-refractivity contribution in [2.45, 2.75) is 12.5 Å².